The lowest BCUT2D eigenvalue weighted by molar-refractivity contribution is 0.581. The molecule has 5 heteroatoms. The second kappa shape index (κ2) is 8.12. The van der Waals surface area contributed by atoms with Crippen LogP contribution in [0.25, 0.3) is 0 Å². The first-order valence-electron chi connectivity index (χ1n) is 7.19. The zero-order valence-corrected chi connectivity index (χ0v) is 12.4. The standard InChI is InChI=1S/C17H19F2N3/c1-2-20-17(21-11-13-6-4-3-5-7-13)22-12-14-10-15(18)8-9-16(14)19/h3-10H,2,11-12H2,1H3,(H2,20,21,22). The lowest BCUT2D eigenvalue weighted by Crippen LogP contribution is -2.37. The van der Waals surface area contributed by atoms with Crippen LogP contribution in [0.5, 0.6) is 0 Å². The molecule has 2 rings (SSSR count). The molecule has 0 aliphatic carbocycles. The summed E-state index contributed by atoms with van der Waals surface area (Å²) in [7, 11) is 0. The Morgan fingerprint density at radius 3 is 2.55 bits per heavy atom. The third kappa shape index (κ3) is 4.84. The lowest BCUT2D eigenvalue weighted by atomic mass is 10.2. The Balaban J connectivity index is 2.00. The minimum absolute atomic E-state index is 0.171. The molecule has 0 fully saturated rings. The van der Waals surface area contributed by atoms with Gasteiger partial charge in [0.05, 0.1) is 6.54 Å². The zero-order chi connectivity index (χ0) is 15.8. The molecule has 0 unspecified atom stereocenters. The molecule has 2 aromatic rings. The number of nitrogens with zero attached hydrogens (tertiary/aromatic N) is 1. The molecule has 0 spiro atoms. The normalized spacial score (nSPS) is 11.3. The molecule has 22 heavy (non-hydrogen) atoms. The summed E-state index contributed by atoms with van der Waals surface area (Å²) in [6, 6.07) is 13.2. The first-order valence-corrected chi connectivity index (χ1v) is 7.19. The monoisotopic (exact) mass is 303 g/mol. The number of halogens is 2. The van der Waals surface area contributed by atoms with Crippen molar-refractivity contribution in [1.29, 1.82) is 0 Å². The fraction of sp³-hybridized carbons (Fsp3) is 0.235. The highest BCUT2D eigenvalue weighted by Crippen LogP contribution is 2.09. The molecule has 0 aromatic heterocycles. The van der Waals surface area contributed by atoms with E-state index < -0.39 is 11.6 Å². The Morgan fingerprint density at radius 1 is 1.05 bits per heavy atom. The van der Waals surface area contributed by atoms with Gasteiger partial charge in [0, 0.05) is 18.7 Å². The van der Waals surface area contributed by atoms with Gasteiger partial charge in [-0.05, 0) is 30.7 Å². The van der Waals surface area contributed by atoms with Crippen molar-refractivity contribution < 1.29 is 8.78 Å². The molecule has 0 amide bonds. The van der Waals surface area contributed by atoms with Crippen LogP contribution < -0.4 is 10.6 Å². The highest BCUT2D eigenvalue weighted by atomic mass is 19.1. The first-order chi connectivity index (χ1) is 10.7. The molecule has 3 nitrogen and oxygen atoms in total. The van der Waals surface area contributed by atoms with Crippen molar-refractivity contribution >= 4 is 5.96 Å². The molecule has 0 bridgehead atoms. The van der Waals surface area contributed by atoms with E-state index in [0.717, 1.165) is 17.7 Å². The number of rotatable bonds is 5. The van der Waals surface area contributed by atoms with E-state index >= 15 is 0 Å². The lowest BCUT2D eigenvalue weighted by Gasteiger charge is -2.12. The minimum atomic E-state index is -0.454. The van der Waals surface area contributed by atoms with Gasteiger partial charge < -0.3 is 10.6 Å². The van der Waals surface area contributed by atoms with Crippen LogP contribution in [-0.4, -0.2) is 12.5 Å². The minimum Gasteiger partial charge on any atom is -0.357 e. The molecule has 0 atom stereocenters. The first kappa shape index (κ1) is 15.9. The van der Waals surface area contributed by atoms with E-state index in [1.807, 2.05) is 37.3 Å². The number of nitrogens with one attached hydrogen (secondary N) is 2. The van der Waals surface area contributed by atoms with E-state index in [1.165, 1.54) is 6.07 Å². The van der Waals surface area contributed by atoms with E-state index in [4.69, 9.17) is 0 Å². The Hall–Kier alpha value is -2.43. The average molecular weight is 303 g/mol. The van der Waals surface area contributed by atoms with Crippen molar-refractivity contribution in [2.45, 2.75) is 20.0 Å². The van der Waals surface area contributed by atoms with Crippen LogP contribution in [0, 0.1) is 11.6 Å². The second-order valence-corrected chi connectivity index (χ2v) is 4.77. The van der Waals surface area contributed by atoms with Crippen LogP contribution >= 0.6 is 0 Å². The average Bonchev–Trinajstić information content (AvgIpc) is 2.54. The van der Waals surface area contributed by atoms with Gasteiger partial charge in [-0.2, -0.15) is 0 Å². The quantitative estimate of drug-likeness (QED) is 0.657. The summed E-state index contributed by atoms with van der Waals surface area (Å²) in [5.41, 5.74) is 1.35. The Morgan fingerprint density at radius 2 is 1.82 bits per heavy atom. The predicted octanol–water partition coefficient (Wildman–Crippen LogP) is 3.22. The Bertz CT molecular complexity index is 627. The topological polar surface area (TPSA) is 36.4 Å². The van der Waals surface area contributed by atoms with Gasteiger partial charge in [-0.3, -0.25) is 0 Å². The second-order valence-electron chi connectivity index (χ2n) is 4.77. The van der Waals surface area contributed by atoms with Gasteiger partial charge >= 0.3 is 0 Å². The molecule has 0 saturated carbocycles. The SMILES string of the molecule is CCNC(=NCc1ccccc1)NCc1cc(F)ccc1F. The van der Waals surface area contributed by atoms with Gasteiger partial charge in [0.1, 0.15) is 11.6 Å². The molecule has 0 radical (unpaired) electrons. The van der Waals surface area contributed by atoms with Gasteiger partial charge in [0.2, 0.25) is 0 Å². The van der Waals surface area contributed by atoms with Gasteiger partial charge in [0.15, 0.2) is 5.96 Å². The van der Waals surface area contributed by atoms with Crippen LogP contribution in [0.4, 0.5) is 8.78 Å². The number of aliphatic imine (C=N–C) groups is 1. The van der Waals surface area contributed by atoms with Gasteiger partial charge in [-0.25, -0.2) is 13.8 Å². The Labute approximate surface area is 129 Å². The van der Waals surface area contributed by atoms with E-state index in [0.29, 0.717) is 19.0 Å². The highest BCUT2D eigenvalue weighted by Gasteiger charge is 2.05. The molecule has 2 aromatic carbocycles. The summed E-state index contributed by atoms with van der Waals surface area (Å²) in [5.74, 6) is -0.327. The molecule has 0 aliphatic heterocycles. The third-order valence-corrected chi connectivity index (χ3v) is 3.06. The van der Waals surface area contributed by atoms with Gasteiger partial charge in [0.25, 0.3) is 0 Å². The summed E-state index contributed by atoms with van der Waals surface area (Å²) in [4.78, 5) is 4.43. The summed E-state index contributed by atoms with van der Waals surface area (Å²) in [5, 5.41) is 6.09. The van der Waals surface area contributed by atoms with Gasteiger partial charge in [-0.15, -0.1) is 0 Å². The number of hydrogen-bond donors (Lipinski definition) is 2. The van der Waals surface area contributed by atoms with E-state index in [-0.39, 0.29) is 12.1 Å². The van der Waals surface area contributed by atoms with E-state index in [2.05, 4.69) is 15.6 Å². The fourth-order valence-corrected chi connectivity index (χ4v) is 1.95. The molecule has 2 N–H and O–H groups in total. The van der Waals surface area contributed by atoms with Gasteiger partial charge in [-0.1, -0.05) is 30.3 Å². The van der Waals surface area contributed by atoms with Crippen LogP contribution in [0.15, 0.2) is 53.5 Å². The predicted molar refractivity (Wildman–Crippen MR) is 84.5 cm³/mol. The smallest absolute Gasteiger partial charge is 0.191 e. The maximum absolute atomic E-state index is 13.6. The summed E-state index contributed by atoms with van der Waals surface area (Å²) >= 11 is 0. The number of benzene rings is 2. The zero-order valence-electron chi connectivity index (χ0n) is 12.4. The molecular weight excluding hydrogens is 284 g/mol. The molecule has 0 aliphatic rings. The largest absolute Gasteiger partial charge is 0.357 e. The maximum atomic E-state index is 13.6. The van der Waals surface area contributed by atoms with E-state index in [1.54, 1.807) is 0 Å². The van der Waals surface area contributed by atoms with Crippen molar-refractivity contribution in [3.05, 3.63) is 71.3 Å². The number of hydrogen-bond acceptors (Lipinski definition) is 1. The van der Waals surface area contributed by atoms with Crippen LogP contribution in [0.2, 0.25) is 0 Å². The molecular formula is C17H19F2N3. The van der Waals surface area contributed by atoms with Crippen molar-refractivity contribution in [1.82, 2.24) is 10.6 Å². The van der Waals surface area contributed by atoms with Crippen LogP contribution in [-0.2, 0) is 13.1 Å². The van der Waals surface area contributed by atoms with Crippen molar-refractivity contribution in [3.8, 4) is 0 Å². The molecule has 0 heterocycles. The van der Waals surface area contributed by atoms with Crippen molar-refractivity contribution in [2.75, 3.05) is 6.54 Å². The number of guanidine groups is 1. The highest BCUT2D eigenvalue weighted by molar-refractivity contribution is 5.79. The van der Waals surface area contributed by atoms with E-state index in [9.17, 15) is 8.78 Å². The summed E-state index contributed by atoms with van der Waals surface area (Å²) < 4.78 is 26.7. The van der Waals surface area contributed by atoms with Crippen molar-refractivity contribution in [3.63, 3.8) is 0 Å². The molecule has 0 saturated heterocycles. The fourth-order valence-electron chi connectivity index (χ4n) is 1.95. The molecule has 116 valence electrons. The maximum Gasteiger partial charge on any atom is 0.191 e. The van der Waals surface area contributed by atoms with Crippen LogP contribution in [0.1, 0.15) is 18.1 Å². The Kier molecular flexibility index (Phi) is 5.89. The van der Waals surface area contributed by atoms with Crippen LogP contribution in [0.3, 0.4) is 0 Å². The summed E-state index contributed by atoms with van der Waals surface area (Å²) in [6.45, 7) is 3.32. The summed E-state index contributed by atoms with van der Waals surface area (Å²) in [6.07, 6.45) is 0. The van der Waals surface area contributed by atoms with Crippen molar-refractivity contribution in [2.24, 2.45) is 4.99 Å². The third-order valence-electron chi connectivity index (χ3n) is 3.06.